The number of methoxy groups -OCH3 is 2. The summed E-state index contributed by atoms with van der Waals surface area (Å²) in [6.07, 6.45) is 4.13. The first-order valence-corrected chi connectivity index (χ1v) is 8.97. The van der Waals surface area contributed by atoms with Crippen LogP contribution < -0.4 is 14.8 Å². The van der Waals surface area contributed by atoms with Gasteiger partial charge in [-0.25, -0.2) is 0 Å². The molecule has 1 N–H and O–H groups in total. The minimum atomic E-state index is -1.22. The van der Waals surface area contributed by atoms with Crippen molar-refractivity contribution in [2.45, 2.75) is 20.3 Å². The van der Waals surface area contributed by atoms with E-state index < -0.39 is 5.41 Å². The first kappa shape index (κ1) is 21.2. The topological polar surface area (TPSA) is 80.8 Å². The van der Waals surface area contributed by atoms with E-state index in [0.29, 0.717) is 30.2 Å². The number of aromatic nitrogens is 1. The summed E-state index contributed by atoms with van der Waals surface area (Å²) in [7, 11) is 4.77. The van der Waals surface area contributed by atoms with Crippen LogP contribution in [0.25, 0.3) is 0 Å². The molecule has 2 aromatic rings. The molecule has 0 bridgehead atoms. The van der Waals surface area contributed by atoms with Crippen LogP contribution in [0.5, 0.6) is 11.5 Å². The third-order valence-corrected chi connectivity index (χ3v) is 4.58. The summed E-state index contributed by atoms with van der Waals surface area (Å²) in [4.78, 5) is 31.2. The Labute approximate surface area is 165 Å². The molecule has 1 heterocycles. The van der Waals surface area contributed by atoms with Crippen molar-refractivity contribution in [2.75, 3.05) is 33.1 Å². The van der Waals surface area contributed by atoms with Crippen LogP contribution in [0.4, 0.5) is 5.69 Å². The van der Waals surface area contributed by atoms with Crippen molar-refractivity contribution in [3.05, 3.63) is 48.3 Å². The molecule has 0 unspecified atom stereocenters. The number of benzene rings is 1. The Bertz CT molecular complexity index is 822. The van der Waals surface area contributed by atoms with Crippen LogP contribution in [0.2, 0.25) is 0 Å². The summed E-state index contributed by atoms with van der Waals surface area (Å²) in [6.45, 7) is 3.75. The maximum absolute atomic E-state index is 12.8. The van der Waals surface area contributed by atoms with Crippen LogP contribution in [-0.4, -0.2) is 49.5 Å². The molecular formula is C21H27N3O4. The summed E-state index contributed by atoms with van der Waals surface area (Å²) in [6, 6.07) is 8.88. The van der Waals surface area contributed by atoms with E-state index in [9.17, 15) is 9.59 Å². The van der Waals surface area contributed by atoms with Gasteiger partial charge < -0.3 is 19.7 Å². The molecule has 0 saturated heterocycles. The molecule has 1 aromatic heterocycles. The fourth-order valence-electron chi connectivity index (χ4n) is 2.72. The molecule has 7 heteroatoms. The van der Waals surface area contributed by atoms with Crippen molar-refractivity contribution in [1.82, 2.24) is 9.88 Å². The summed E-state index contributed by atoms with van der Waals surface area (Å²) in [5.74, 6) is 0.422. The van der Waals surface area contributed by atoms with Gasteiger partial charge in [-0.2, -0.15) is 0 Å². The van der Waals surface area contributed by atoms with Crippen molar-refractivity contribution >= 4 is 17.5 Å². The van der Waals surface area contributed by atoms with E-state index in [-0.39, 0.29) is 11.8 Å². The van der Waals surface area contributed by atoms with Gasteiger partial charge in [0.2, 0.25) is 11.8 Å². The SMILES string of the molecule is COc1ccc(NC(=O)C(C)(C)C(=O)N(C)CCc2ccncc2)cc1OC. The first-order valence-electron chi connectivity index (χ1n) is 8.97. The van der Waals surface area contributed by atoms with Crippen LogP contribution in [0, 0.1) is 5.41 Å². The van der Waals surface area contributed by atoms with E-state index in [4.69, 9.17) is 9.47 Å². The monoisotopic (exact) mass is 385 g/mol. The second-order valence-electron chi connectivity index (χ2n) is 6.98. The molecule has 2 rings (SSSR count). The Balaban J connectivity index is 2.03. The van der Waals surface area contributed by atoms with Gasteiger partial charge in [0, 0.05) is 37.7 Å². The number of carbonyl (C=O) groups excluding carboxylic acids is 2. The average molecular weight is 385 g/mol. The normalized spacial score (nSPS) is 10.9. The molecule has 0 aliphatic carbocycles. The predicted octanol–water partition coefficient (Wildman–Crippen LogP) is 2.76. The van der Waals surface area contributed by atoms with Gasteiger partial charge in [-0.15, -0.1) is 0 Å². The lowest BCUT2D eigenvalue weighted by Crippen LogP contribution is -2.46. The Morgan fingerprint density at radius 3 is 2.32 bits per heavy atom. The molecule has 0 spiro atoms. The van der Waals surface area contributed by atoms with Crippen LogP contribution in [0.3, 0.4) is 0 Å². The largest absolute Gasteiger partial charge is 0.493 e. The van der Waals surface area contributed by atoms with Crippen LogP contribution in [-0.2, 0) is 16.0 Å². The maximum Gasteiger partial charge on any atom is 0.239 e. The molecule has 2 amide bonds. The lowest BCUT2D eigenvalue weighted by Gasteiger charge is -2.28. The number of nitrogens with zero attached hydrogens (tertiary/aromatic N) is 2. The molecule has 0 aliphatic rings. The molecule has 0 atom stereocenters. The zero-order valence-electron chi connectivity index (χ0n) is 17.0. The number of likely N-dealkylation sites (N-methyl/N-ethyl adjacent to an activating group) is 1. The number of anilines is 1. The van der Waals surface area contributed by atoms with E-state index in [0.717, 1.165) is 5.56 Å². The number of hydrogen-bond acceptors (Lipinski definition) is 5. The van der Waals surface area contributed by atoms with Gasteiger partial charge in [0.05, 0.1) is 14.2 Å². The van der Waals surface area contributed by atoms with Gasteiger partial charge in [0.1, 0.15) is 5.41 Å². The molecule has 28 heavy (non-hydrogen) atoms. The Morgan fingerprint density at radius 2 is 1.71 bits per heavy atom. The standard InChI is InChI=1S/C21H27N3O4/c1-21(2,20(26)24(3)13-10-15-8-11-22-12-9-15)19(25)23-16-6-7-17(27-4)18(14-16)28-5/h6-9,11-12,14H,10,13H2,1-5H3,(H,23,25). The Morgan fingerprint density at radius 1 is 1.07 bits per heavy atom. The van der Waals surface area contributed by atoms with Gasteiger partial charge in [-0.3, -0.25) is 14.6 Å². The summed E-state index contributed by atoms with van der Waals surface area (Å²) in [5, 5.41) is 2.79. The third-order valence-electron chi connectivity index (χ3n) is 4.58. The lowest BCUT2D eigenvalue weighted by atomic mass is 9.90. The van der Waals surface area contributed by atoms with Gasteiger partial charge in [-0.1, -0.05) is 0 Å². The second kappa shape index (κ2) is 9.21. The Hall–Kier alpha value is -3.09. The van der Waals surface area contributed by atoms with E-state index >= 15 is 0 Å². The number of nitrogens with one attached hydrogen (secondary N) is 1. The summed E-state index contributed by atoms with van der Waals surface area (Å²) < 4.78 is 10.4. The molecular weight excluding hydrogens is 358 g/mol. The highest BCUT2D eigenvalue weighted by Gasteiger charge is 2.38. The quantitative estimate of drug-likeness (QED) is 0.707. The van der Waals surface area contributed by atoms with Gasteiger partial charge >= 0.3 is 0 Å². The highest BCUT2D eigenvalue weighted by Crippen LogP contribution is 2.31. The van der Waals surface area contributed by atoms with E-state index in [1.807, 2.05) is 12.1 Å². The molecule has 0 saturated carbocycles. The van der Waals surface area contributed by atoms with Crippen molar-refractivity contribution in [1.29, 1.82) is 0 Å². The number of carbonyl (C=O) groups is 2. The zero-order valence-corrected chi connectivity index (χ0v) is 17.0. The number of rotatable bonds is 8. The summed E-state index contributed by atoms with van der Waals surface area (Å²) >= 11 is 0. The van der Waals surface area contributed by atoms with Crippen LogP contribution in [0.15, 0.2) is 42.7 Å². The second-order valence-corrected chi connectivity index (χ2v) is 6.98. The Kier molecular flexibility index (Phi) is 6.98. The number of amides is 2. The minimum absolute atomic E-state index is 0.250. The van der Waals surface area contributed by atoms with E-state index in [1.54, 1.807) is 63.5 Å². The minimum Gasteiger partial charge on any atom is -0.493 e. The highest BCUT2D eigenvalue weighted by molar-refractivity contribution is 6.09. The van der Waals surface area contributed by atoms with E-state index in [2.05, 4.69) is 10.3 Å². The number of ether oxygens (including phenoxy) is 2. The first-order chi connectivity index (χ1) is 13.3. The van der Waals surface area contributed by atoms with Crippen molar-refractivity contribution < 1.29 is 19.1 Å². The number of pyridine rings is 1. The molecule has 1 aromatic carbocycles. The van der Waals surface area contributed by atoms with Crippen molar-refractivity contribution in [3.63, 3.8) is 0 Å². The van der Waals surface area contributed by atoms with Crippen molar-refractivity contribution in [2.24, 2.45) is 5.41 Å². The maximum atomic E-state index is 12.8. The molecule has 0 aliphatic heterocycles. The molecule has 0 fully saturated rings. The average Bonchev–Trinajstić information content (AvgIpc) is 2.71. The lowest BCUT2D eigenvalue weighted by molar-refractivity contribution is -0.145. The highest BCUT2D eigenvalue weighted by atomic mass is 16.5. The van der Waals surface area contributed by atoms with Crippen molar-refractivity contribution in [3.8, 4) is 11.5 Å². The van der Waals surface area contributed by atoms with Crippen LogP contribution >= 0.6 is 0 Å². The smallest absolute Gasteiger partial charge is 0.239 e. The molecule has 0 radical (unpaired) electrons. The predicted molar refractivity (Wildman–Crippen MR) is 108 cm³/mol. The summed E-state index contributed by atoms with van der Waals surface area (Å²) in [5.41, 5.74) is 0.394. The van der Waals surface area contributed by atoms with Gasteiger partial charge in [0.15, 0.2) is 11.5 Å². The fraction of sp³-hybridized carbons (Fsp3) is 0.381. The fourth-order valence-corrected chi connectivity index (χ4v) is 2.72. The van der Waals surface area contributed by atoms with Gasteiger partial charge in [-0.05, 0) is 50.1 Å². The van der Waals surface area contributed by atoms with Gasteiger partial charge in [0.25, 0.3) is 0 Å². The molecule has 7 nitrogen and oxygen atoms in total. The number of hydrogen-bond donors (Lipinski definition) is 1. The molecule has 150 valence electrons. The zero-order chi connectivity index (χ0) is 20.7. The third kappa shape index (κ3) is 5.00. The van der Waals surface area contributed by atoms with Crippen LogP contribution in [0.1, 0.15) is 19.4 Å². The van der Waals surface area contributed by atoms with E-state index in [1.165, 1.54) is 7.11 Å².